The van der Waals surface area contributed by atoms with E-state index >= 15 is 0 Å². The smallest absolute Gasteiger partial charge is 0.316 e. The number of carbonyl (C=O) groups is 1. The molecule has 0 radical (unpaired) electrons. The molecule has 0 saturated carbocycles. The Morgan fingerprint density at radius 2 is 2.24 bits per heavy atom. The molecule has 0 amide bonds. The molecule has 0 saturated heterocycles. The summed E-state index contributed by atoms with van der Waals surface area (Å²) in [6.07, 6.45) is 0. The predicted octanol–water partition coefficient (Wildman–Crippen LogP) is 2.72. The summed E-state index contributed by atoms with van der Waals surface area (Å²) in [6, 6.07) is 0. The highest BCUT2D eigenvalue weighted by Gasteiger charge is 2.17. The van der Waals surface area contributed by atoms with Gasteiger partial charge in [0, 0.05) is 0 Å². The summed E-state index contributed by atoms with van der Waals surface area (Å²) in [7, 11) is 0. The fourth-order valence-corrected chi connectivity index (χ4v) is 3.04. The number of hydrogen-bond acceptors (Lipinski definition) is 6. The van der Waals surface area contributed by atoms with Crippen LogP contribution in [0.25, 0.3) is 0 Å². The molecule has 1 rings (SSSR count). The Bertz CT molecular complexity index is 401. The van der Waals surface area contributed by atoms with E-state index in [1.54, 1.807) is 0 Å². The molecule has 0 fully saturated rings. The van der Waals surface area contributed by atoms with Gasteiger partial charge in [0.15, 0.2) is 4.34 Å². The van der Waals surface area contributed by atoms with Gasteiger partial charge in [0.05, 0.1) is 17.2 Å². The van der Waals surface area contributed by atoms with E-state index in [9.17, 15) is 4.79 Å². The summed E-state index contributed by atoms with van der Waals surface area (Å²) >= 11 is 8.32. The number of carbonyl (C=O) groups excluding carboxylic acids is 1. The van der Waals surface area contributed by atoms with Crippen molar-refractivity contribution in [1.82, 2.24) is 4.98 Å². The largest absolute Gasteiger partial charge is 0.459 e. The summed E-state index contributed by atoms with van der Waals surface area (Å²) in [5.41, 5.74) is -0.478. The molecule has 0 aromatic carbocycles. The lowest BCUT2D eigenvalue weighted by Gasteiger charge is -2.18. The summed E-state index contributed by atoms with van der Waals surface area (Å²) in [4.78, 5) is 16.1. The SMILES string of the molecule is CC(C)(C)OC(=O)CSc1nc(Cl)c(CO)s1. The van der Waals surface area contributed by atoms with Crippen LogP contribution in [0.1, 0.15) is 25.6 Å². The van der Waals surface area contributed by atoms with E-state index in [1.807, 2.05) is 20.8 Å². The van der Waals surface area contributed by atoms with Crippen molar-refractivity contribution < 1.29 is 14.6 Å². The number of aliphatic hydroxyl groups is 1. The van der Waals surface area contributed by atoms with Crippen LogP contribution in [0.5, 0.6) is 0 Å². The third-order valence-corrected chi connectivity index (χ3v) is 4.09. The van der Waals surface area contributed by atoms with Gasteiger partial charge in [0.2, 0.25) is 0 Å². The van der Waals surface area contributed by atoms with Crippen LogP contribution < -0.4 is 0 Å². The topological polar surface area (TPSA) is 59.4 Å². The maximum absolute atomic E-state index is 11.4. The molecule has 0 aliphatic heterocycles. The standard InChI is InChI=1S/C10H14ClNO3S2/c1-10(2,3)15-7(14)5-16-9-12-8(11)6(4-13)17-9/h13H,4-5H2,1-3H3. The van der Waals surface area contributed by atoms with Crippen molar-refractivity contribution in [2.75, 3.05) is 5.75 Å². The van der Waals surface area contributed by atoms with Gasteiger partial charge in [-0.15, -0.1) is 11.3 Å². The number of rotatable bonds is 4. The van der Waals surface area contributed by atoms with Crippen molar-refractivity contribution in [3.8, 4) is 0 Å². The average molecular weight is 296 g/mol. The maximum Gasteiger partial charge on any atom is 0.316 e. The van der Waals surface area contributed by atoms with Gasteiger partial charge in [-0.2, -0.15) is 0 Å². The first kappa shape index (κ1) is 14.8. The van der Waals surface area contributed by atoms with Crippen molar-refractivity contribution in [3.05, 3.63) is 10.0 Å². The van der Waals surface area contributed by atoms with Crippen LogP contribution in [0.2, 0.25) is 5.15 Å². The molecule has 96 valence electrons. The number of ether oxygens (including phenoxy) is 1. The lowest BCUT2D eigenvalue weighted by atomic mass is 10.2. The first-order valence-corrected chi connectivity index (χ1v) is 7.10. The van der Waals surface area contributed by atoms with Gasteiger partial charge in [-0.25, -0.2) is 4.98 Å². The van der Waals surface area contributed by atoms with Crippen molar-refractivity contribution in [2.24, 2.45) is 0 Å². The maximum atomic E-state index is 11.4. The predicted molar refractivity (Wildman–Crippen MR) is 69.6 cm³/mol. The molecule has 1 N–H and O–H groups in total. The molecular weight excluding hydrogens is 282 g/mol. The molecule has 0 atom stereocenters. The van der Waals surface area contributed by atoms with Crippen LogP contribution in [-0.2, 0) is 16.1 Å². The monoisotopic (exact) mass is 295 g/mol. The summed E-state index contributed by atoms with van der Waals surface area (Å²) in [6.45, 7) is 5.32. The molecular formula is C10H14ClNO3S2. The Labute approximate surface area is 113 Å². The van der Waals surface area contributed by atoms with Crippen LogP contribution in [0, 0.1) is 0 Å². The minimum absolute atomic E-state index is 0.135. The zero-order valence-corrected chi connectivity index (χ0v) is 12.2. The first-order chi connectivity index (χ1) is 7.81. The Morgan fingerprint density at radius 1 is 1.59 bits per heavy atom. The van der Waals surface area contributed by atoms with Crippen LogP contribution >= 0.6 is 34.7 Å². The Kier molecular flexibility index (Phi) is 5.24. The van der Waals surface area contributed by atoms with E-state index < -0.39 is 5.60 Å². The Balaban J connectivity index is 2.47. The van der Waals surface area contributed by atoms with E-state index in [-0.39, 0.29) is 18.3 Å². The summed E-state index contributed by atoms with van der Waals surface area (Å²) in [5, 5.41) is 9.24. The fraction of sp³-hybridized carbons (Fsp3) is 0.600. The van der Waals surface area contributed by atoms with Crippen LogP contribution in [0.15, 0.2) is 4.34 Å². The first-order valence-electron chi connectivity index (χ1n) is 4.92. The molecule has 0 unspecified atom stereocenters. The Morgan fingerprint density at radius 3 is 2.71 bits per heavy atom. The molecule has 0 bridgehead atoms. The number of thiazole rings is 1. The van der Waals surface area contributed by atoms with Gasteiger partial charge < -0.3 is 9.84 Å². The van der Waals surface area contributed by atoms with Gasteiger partial charge in [-0.3, -0.25) is 4.79 Å². The van der Waals surface area contributed by atoms with Crippen molar-refractivity contribution in [3.63, 3.8) is 0 Å². The second kappa shape index (κ2) is 6.04. The quantitative estimate of drug-likeness (QED) is 0.684. The third-order valence-electron chi connectivity index (χ3n) is 1.51. The molecule has 1 aromatic rings. The molecule has 17 heavy (non-hydrogen) atoms. The van der Waals surface area contributed by atoms with Crippen LogP contribution in [0.4, 0.5) is 0 Å². The highest BCUT2D eigenvalue weighted by molar-refractivity contribution is 8.01. The second-order valence-electron chi connectivity index (χ2n) is 4.23. The fourth-order valence-electron chi connectivity index (χ4n) is 0.964. The minimum atomic E-state index is -0.478. The summed E-state index contributed by atoms with van der Waals surface area (Å²) < 4.78 is 5.81. The van der Waals surface area contributed by atoms with Gasteiger partial charge in [-0.1, -0.05) is 23.4 Å². The lowest BCUT2D eigenvalue weighted by Crippen LogP contribution is -2.24. The molecule has 7 heteroatoms. The highest BCUT2D eigenvalue weighted by Crippen LogP contribution is 2.30. The lowest BCUT2D eigenvalue weighted by molar-refractivity contribution is -0.151. The molecule has 0 aliphatic rings. The molecule has 1 heterocycles. The van der Waals surface area contributed by atoms with Gasteiger partial charge in [0.1, 0.15) is 10.8 Å². The van der Waals surface area contributed by atoms with Crippen molar-refractivity contribution in [1.29, 1.82) is 0 Å². The number of thioether (sulfide) groups is 1. The van der Waals surface area contributed by atoms with Crippen LogP contribution in [0.3, 0.4) is 0 Å². The number of halogens is 1. The van der Waals surface area contributed by atoms with E-state index in [1.165, 1.54) is 23.1 Å². The van der Waals surface area contributed by atoms with E-state index in [4.69, 9.17) is 21.4 Å². The van der Waals surface area contributed by atoms with E-state index in [2.05, 4.69) is 4.98 Å². The highest BCUT2D eigenvalue weighted by atomic mass is 35.5. The summed E-state index contributed by atoms with van der Waals surface area (Å²) in [5.74, 6) is -0.106. The van der Waals surface area contributed by atoms with Gasteiger partial charge >= 0.3 is 5.97 Å². The average Bonchev–Trinajstić information content (AvgIpc) is 2.53. The number of aromatic nitrogens is 1. The molecule has 0 aliphatic carbocycles. The number of aliphatic hydroxyl groups excluding tert-OH is 1. The third kappa shape index (κ3) is 5.25. The zero-order valence-electron chi connectivity index (χ0n) is 9.82. The minimum Gasteiger partial charge on any atom is -0.459 e. The van der Waals surface area contributed by atoms with Gasteiger partial charge in [0.25, 0.3) is 0 Å². The van der Waals surface area contributed by atoms with E-state index in [0.29, 0.717) is 14.4 Å². The van der Waals surface area contributed by atoms with Crippen LogP contribution in [-0.4, -0.2) is 27.4 Å². The molecule has 0 spiro atoms. The molecule has 1 aromatic heterocycles. The Hall–Kier alpha value is -0.300. The zero-order chi connectivity index (χ0) is 13.1. The molecule has 4 nitrogen and oxygen atoms in total. The second-order valence-corrected chi connectivity index (χ2v) is 6.89. The van der Waals surface area contributed by atoms with Crippen molar-refractivity contribution in [2.45, 2.75) is 37.3 Å². The normalized spacial score (nSPS) is 11.6. The van der Waals surface area contributed by atoms with Gasteiger partial charge in [-0.05, 0) is 20.8 Å². The van der Waals surface area contributed by atoms with Crippen molar-refractivity contribution >= 4 is 40.7 Å². The number of esters is 1. The number of hydrogen-bond donors (Lipinski definition) is 1. The van der Waals surface area contributed by atoms with E-state index in [0.717, 1.165) is 0 Å². The number of nitrogens with zero attached hydrogens (tertiary/aromatic N) is 1.